The quantitative estimate of drug-likeness (QED) is 0.707. The molecular weight excluding hydrogens is 376 g/mol. The van der Waals surface area contributed by atoms with Crippen LogP contribution in [0.3, 0.4) is 0 Å². The molecule has 2 aromatic carbocycles. The molecular formula is C21H28N2O4S. The number of nitrogens with one attached hydrogen (secondary N) is 1. The average Bonchev–Trinajstić information content (AvgIpc) is 3.05. The lowest BCUT2D eigenvalue weighted by Gasteiger charge is -2.16. The van der Waals surface area contributed by atoms with Crippen molar-refractivity contribution >= 4 is 15.7 Å². The smallest absolute Gasteiger partial charge is 0.240 e. The van der Waals surface area contributed by atoms with Gasteiger partial charge in [-0.2, -0.15) is 0 Å². The Balaban J connectivity index is 1.61. The van der Waals surface area contributed by atoms with Gasteiger partial charge in [-0.1, -0.05) is 26.0 Å². The highest BCUT2D eigenvalue weighted by atomic mass is 32.2. The van der Waals surface area contributed by atoms with Crippen molar-refractivity contribution in [2.45, 2.75) is 31.3 Å². The molecule has 0 radical (unpaired) electrons. The van der Waals surface area contributed by atoms with Gasteiger partial charge < -0.3 is 14.7 Å². The second kappa shape index (κ2) is 8.51. The fourth-order valence-electron chi connectivity index (χ4n) is 3.16. The first-order valence-electron chi connectivity index (χ1n) is 9.51. The Morgan fingerprint density at radius 3 is 2.57 bits per heavy atom. The van der Waals surface area contributed by atoms with Crippen LogP contribution < -0.4 is 14.4 Å². The molecule has 3 rings (SSSR count). The topological polar surface area (TPSA) is 78.9 Å². The minimum Gasteiger partial charge on any atom is -0.493 e. The third-order valence-electron chi connectivity index (χ3n) is 4.80. The molecule has 1 heterocycles. The number of benzene rings is 2. The lowest BCUT2D eigenvalue weighted by atomic mass is 10.0. The molecule has 0 spiro atoms. The summed E-state index contributed by atoms with van der Waals surface area (Å²) in [5.41, 5.74) is 3.06. The number of ether oxygens (including phenoxy) is 1. The predicted molar refractivity (Wildman–Crippen MR) is 110 cm³/mol. The van der Waals surface area contributed by atoms with Crippen molar-refractivity contribution in [3.63, 3.8) is 0 Å². The number of rotatable bonds is 8. The highest BCUT2D eigenvalue weighted by Gasteiger charge is 2.20. The molecule has 0 aliphatic carbocycles. The second-order valence-electron chi connectivity index (χ2n) is 7.60. The molecule has 1 unspecified atom stereocenters. The Labute approximate surface area is 167 Å². The lowest BCUT2D eigenvalue weighted by molar-refractivity contribution is 0.182. The van der Waals surface area contributed by atoms with Gasteiger partial charge in [0, 0.05) is 25.8 Å². The van der Waals surface area contributed by atoms with Crippen LogP contribution in [0.5, 0.6) is 5.75 Å². The summed E-state index contributed by atoms with van der Waals surface area (Å²) in [4.78, 5) is 2.31. The molecule has 28 heavy (non-hydrogen) atoms. The van der Waals surface area contributed by atoms with Crippen LogP contribution in [0.4, 0.5) is 5.69 Å². The minimum absolute atomic E-state index is 0.0808. The SMILES string of the molecule is CC(C)COc1ccc(S(=O)(=O)NCC(O)c2ccc3c(c2)CCN3C)cc1. The number of sulfonamides is 1. The number of aliphatic hydroxyl groups excluding tert-OH is 1. The summed E-state index contributed by atoms with van der Waals surface area (Å²) in [7, 11) is -1.67. The van der Waals surface area contributed by atoms with E-state index >= 15 is 0 Å². The van der Waals surface area contributed by atoms with Gasteiger partial charge in [0.1, 0.15) is 5.75 Å². The molecule has 2 N–H and O–H groups in total. The number of aliphatic hydroxyl groups is 1. The molecule has 6 nitrogen and oxygen atoms in total. The van der Waals surface area contributed by atoms with Crippen LogP contribution in [0, 0.1) is 5.92 Å². The maximum absolute atomic E-state index is 12.5. The van der Waals surface area contributed by atoms with E-state index in [4.69, 9.17) is 4.74 Å². The summed E-state index contributed by atoms with van der Waals surface area (Å²) in [5.74, 6) is 1.03. The van der Waals surface area contributed by atoms with Gasteiger partial charge in [0.05, 0.1) is 17.6 Å². The Morgan fingerprint density at radius 2 is 1.89 bits per heavy atom. The van der Waals surface area contributed by atoms with E-state index < -0.39 is 16.1 Å². The number of likely N-dealkylation sites (N-methyl/N-ethyl adjacent to an activating group) is 1. The summed E-state index contributed by atoms with van der Waals surface area (Å²) >= 11 is 0. The van der Waals surface area contributed by atoms with Gasteiger partial charge in [-0.05, 0) is 53.8 Å². The van der Waals surface area contributed by atoms with Crippen LogP contribution in [0.2, 0.25) is 0 Å². The van der Waals surface area contributed by atoms with E-state index in [2.05, 4.69) is 9.62 Å². The molecule has 2 aromatic rings. The number of anilines is 1. The number of nitrogens with zero attached hydrogens (tertiary/aromatic N) is 1. The van der Waals surface area contributed by atoms with Crippen molar-refractivity contribution in [2.24, 2.45) is 5.92 Å². The monoisotopic (exact) mass is 404 g/mol. The Hall–Kier alpha value is -2.09. The van der Waals surface area contributed by atoms with Gasteiger partial charge in [0.15, 0.2) is 0 Å². The van der Waals surface area contributed by atoms with Gasteiger partial charge in [-0.15, -0.1) is 0 Å². The maximum atomic E-state index is 12.5. The Morgan fingerprint density at radius 1 is 1.18 bits per heavy atom. The highest BCUT2D eigenvalue weighted by molar-refractivity contribution is 7.89. The standard InChI is InChI=1S/C21H28N2O4S/c1-15(2)14-27-18-5-7-19(8-6-18)28(25,26)22-13-21(24)17-4-9-20-16(12-17)10-11-23(20)3/h4-9,12,15,21-22,24H,10-11,13-14H2,1-3H3. The lowest BCUT2D eigenvalue weighted by Crippen LogP contribution is -2.28. The third-order valence-corrected chi connectivity index (χ3v) is 6.24. The zero-order valence-corrected chi connectivity index (χ0v) is 17.4. The number of fused-ring (bicyclic) bond motifs is 1. The molecule has 0 fully saturated rings. The summed E-state index contributed by atoms with van der Waals surface area (Å²) in [6.07, 6.45) is 0.0308. The zero-order valence-electron chi connectivity index (χ0n) is 16.6. The van der Waals surface area contributed by atoms with Crippen molar-refractivity contribution in [3.05, 3.63) is 53.6 Å². The molecule has 0 saturated heterocycles. The predicted octanol–water partition coefficient (Wildman–Crippen LogP) is 2.73. The van der Waals surface area contributed by atoms with Gasteiger partial charge >= 0.3 is 0 Å². The first-order valence-corrected chi connectivity index (χ1v) is 11.0. The van der Waals surface area contributed by atoms with Gasteiger partial charge in [-0.25, -0.2) is 13.1 Å². The minimum atomic E-state index is -3.71. The largest absolute Gasteiger partial charge is 0.493 e. The van der Waals surface area contributed by atoms with E-state index in [0.717, 1.165) is 18.7 Å². The van der Waals surface area contributed by atoms with E-state index in [0.29, 0.717) is 23.8 Å². The molecule has 0 bridgehead atoms. The summed E-state index contributed by atoms with van der Waals surface area (Å²) in [6.45, 7) is 5.55. The normalized spacial score (nSPS) is 15.0. The van der Waals surface area contributed by atoms with E-state index in [1.807, 2.05) is 39.1 Å². The van der Waals surface area contributed by atoms with E-state index in [-0.39, 0.29) is 11.4 Å². The molecule has 0 aromatic heterocycles. The van der Waals surface area contributed by atoms with Crippen molar-refractivity contribution < 1.29 is 18.3 Å². The van der Waals surface area contributed by atoms with Crippen LogP contribution in [0.15, 0.2) is 47.4 Å². The fourth-order valence-corrected chi connectivity index (χ4v) is 4.20. The van der Waals surface area contributed by atoms with Crippen molar-refractivity contribution in [1.29, 1.82) is 0 Å². The maximum Gasteiger partial charge on any atom is 0.240 e. The van der Waals surface area contributed by atoms with Crippen LogP contribution >= 0.6 is 0 Å². The fraction of sp³-hybridized carbons (Fsp3) is 0.429. The second-order valence-corrected chi connectivity index (χ2v) is 9.37. The number of hydrogen-bond donors (Lipinski definition) is 2. The highest BCUT2D eigenvalue weighted by Crippen LogP contribution is 2.29. The first kappa shape index (κ1) is 20.6. The van der Waals surface area contributed by atoms with E-state index in [1.54, 1.807) is 12.1 Å². The van der Waals surface area contributed by atoms with Crippen molar-refractivity contribution in [3.8, 4) is 5.75 Å². The molecule has 152 valence electrons. The van der Waals surface area contributed by atoms with E-state index in [9.17, 15) is 13.5 Å². The number of hydrogen-bond acceptors (Lipinski definition) is 5. The Bertz CT molecular complexity index is 911. The van der Waals surface area contributed by atoms with Crippen molar-refractivity contribution in [2.75, 3.05) is 31.6 Å². The average molecular weight is 405 g/mol. The van der Waals surface area contributed by atoms with Crippen LogP contribution in [-0.4, -0.2) is 40.3 Å². The van der Waals surface area contributed by atoms with Gasteiger partial charge in [0.25, 0.3) is 0 Å². The van der Waals surface area contributed by atoms with Crippen LogP contribution in [-0.2, 0) is 16.4 Å². The summed E-state index contributed by atoms with van der Waals surface area (Å²) in [5, 5.41) is 10.4. The van der Waals surface area contributed by atoms with Crippen LogP contribution in [0.1, 0.15) is 31.1 Å². The third kappa shape index (κ3) is 4.84. The zero-order chi connectivity index (χ0) is 20.3. The molecule has 7 heteroatoms. The molecule has 1 aliphatic heterocycles. The molecule has 0 saturated carbocycles. The first-order chi connectivity index (χ1) is 13.3. The molecule has 1 aliphatic rings. The summed E-state index contributed by atoms with van der Waals surface area (Å²) in [6, 6.07) is 12.1. The van der Waals surface area contributed by atoms with Crippen LogP contribution in [0.25, 0.3) is 0 Å². The van der Waals surface area contributed by atoms with E-state index in [1.165, 1.54) is 17.7 Å². The van der Waals surface area contributed by atoms with Gasteiger partial charge in [-0.3, -0.25) is 0 Å². The summed E-state index contributed by atoms with van der Waals surface area (Å²) < 4.78 is 33.1. The molecule has 1 atom stereocenters. The molecule has 0 amide bonds. The Kier molecular flexibility index (Phi) is 6.27. The van der Waals surface area contributed by atoms with Gasteiger partial charge in [0.2, 0.25) is 10.0 Å². The van der Waals surface area contributed by atoms with Crippen molar-refractivity contribution in [1.82, 2.24) is 4.72 Å².